The molecule has 1 fully saturated rings. The average Bonchev–Trinajstić information content (AvgIpc) is 2.97. The van der Waals surface area contributed by atoms with Crippen LogP contribution in [0.25, 0.3) is 0 Å². The van der Waals surface area contributed by atoms with E-state index in [0.717, 1.165) is 51.9 Å². The Kier molecular flexibility index (Phi) is 12.2. The van der Waals surface area contributed by atoms with Gasteiger partial charge in [-0.15, -0.1) is 0 Å². The number of carbonyl (C=O) groups is 3. The third kappa shape index (κ3) is 10.7. The summed E-state index contributed by atoms with van der Waals surface area (Å²) in [5.41, 5.74) is 3.91. The molecule has 1 aliphatic rings. The van der Waals surface area contributed by atoms with E-state index in [1.54, 1.807) is 0 Å². The van der Waals surface area contributed by atoms with E-state index < -0.39 is 11.9 Å². The molecule has 0 atom stereocenters. The van der Waals surface area contributed by atoms with Gasteiger partial charge >= 0.3 is 11.9 Å². The number of piperidine rings is 1. The molecule has 1 amide bonds. The van der Waals surface area contributed by atoms with Crippen LogP contribution in [-0.4, -0.2) is 64.0 Å². The summed E-state index contributed by atoms with van der Waals surface area (Å²) in [6, 6.07) is 31.6. The number of carboxylic acids is 2. The standard InChI is InChI=1S/C30H36N2O.C2H2O4/c33-30(29-19-22-31(23-20-29)21-10-17-26-11-4-1-5-12-26)32(25-28-15-8-3-9-16-28)24-18-27-13-6-2-7-14-27;3-1(4)2(5)6/h1-9,11-16,29H,10,17-25H2;(H,3,4)(H,5,6). The maximum absolute atomic E-state index is 13.5. The van der Waals surface area contributed by atoms with Gasteiger partial charge in [-0.05, 0) is 68.4 Å². The Morgan fingerprint density at radius 1 is 0.692 bits per heavy atom. The third-order valence-corrected chi connectivity index (χ3v) is 6.94. The molecule has 0 saturated carbocycles. The average molecular weight is 531 g/mol. The van der Waals surface area contributed by atoms with Crippen LogP contribution in [0.4, 0.5) is 0 Å². The molecular formula is C32H38N2O5. The molecule has 2 N–H and O–H groups in total. The predicted octanol–water partition coefficient (Wildman–Crippen LogP) is 4.76. The zero-order chi connectivity index (χ0) is 27.9. The summed E-state index contributed by atoms with van der Waals surface area (Å²) in [6.45, 7) is 4.66. The number of amides is 1. The van der Waals surface area contributed by atoms with Crippen LogP contribution < -0.4 is 0 Å². The lowest BCUT2D eigenvalue weighted by Gasteiger charge is -2.34. The Bertz CT molecular complexity index is 1130. The predicted molar refractivity (Wildman–Crippen MR) is 151 cm³/mol. The van der Waals surface area contributed by atoms with E-state index in [4.69, 9.17) is 19.8 Å². The first-order chi connectivity index (χ1) is 18.9. The van der Waals surface area contributed by atoms with Crippen molar-refractivity contribution in [2.75, 3.05) is 26.2 Å². The molecule has 39 heavy (non-hydrogen) atoms. The van der Waals surface area contributed by atoms with Crippen LogP contribution in [0, 0.1) is 5.92 Å². The van der Waals surface area contributed by atoms with Crippen molar-refractivity contribution in [2.45, 2.75) is 38.6 Å². The largest absolute Gasteiger partial charge is 0.473 e. The summed E-state index contributed by atoms with van der Waals surface area (Å²) in [6.07, 6.45) is 5.16. The Hall–Kier alpha value is -3.97. The van der Waals surface area contributed by atoms with Gasteiger partial charge in [0.1, 0.15) is 0 Å². The van der Waals surface area contributed by atoms with Crippen molar-refractivity contribution in [1.29, 1.82) is 0 Å². The minimum absolute atomic E-state index is 0.148. The Morgan fingerprint density at radius 2 is 1.15 bits per heavy atom. The minimum Gasteiger partial charge on any atom is -0.473 e. The number of rotatable bonds is 10. The molecular weight excluding hydrogens is 492 g/mol. The number of aliphatic carboxylic acids is 2. The summed E-state index contributed by atoms with van der Waals surface area (Å²) >= 11 is 0. The molecule has 1 heterocycles. The quantitative estimate of drug-likeness (QED) is 0.367. The minimum atomic E-state index is -1.82. The lowest BCUT2D eigenvalue weighted by atomic mass is 9.94. The molecule has 1 aliphatic heterocycles. The van der Waals surface area contributed by atoms with Gasteiger partial charge in [-0.3, -0.25) is 4.79 Å². The van der Waals surface area contributed by atoms with Gasteiger partial charge in [0.25, 0.3) is 0 Å². The molecule has 0 aromatic heterocycles. The summed E-state index contributed by atoms with van der Waals surface area (Å²) in [5.74, 6) is -3.17. The zero-order valence-electron chi connectivity index (χ0n) is 22.3. The van der Waals surface area contributed by atoms with Gasteiger partial charge in [0.05, 0.1) is 0 Å². The highest BCUT2D eigenvalue weighted by molar-refractivity contribution is 6.27. The first kappa shape index (κ1) is 29.6. The van der Waals surface area contributed by atoms with Crippen LogP contribution in [0.3, 0.4) is 0 Å². The van der Waals surface area contributed by atoms with Crippen molar-refractivity contribution in [3.63, 3.8) is 0 Å². The molecule has 0 aliphatic carbocycles. The molecule has 3 aromatic rings. The van der Waals surface area contributed by atoms with Crippen LogP contribution in [0.1, 0.15) is 36.0 Å². The van der Waals surface area contributed by atoms with E-state index in [1.165, 1.54) is 23.1 Å². The zero-order valence-corrected chi connectivity index (χ0v) is 22.3. The molecule has 0 bridgehead atoms. The van der Waals surface area contributed by atoms with Crippen LogP contribution in [0.2, 0.25) is 0 Å². The molecule has 4 rings (SSSR count). The number of carboxylic acid groups (broad SMARTS) is 2. The summed E-state index contributed by atoms with van der Waals surface area (Å²) in [5, 5.41) is 14.8. The van der Waals surface area contributed by atoms with Crippen LogP contribution in [0.5, 0.6) is 0 Å². The van der Waals surface area contributed by atoms with E-state index in [0.29, 0.717) is 12.5 Å². The van der Waals surface area contributed by atoms with Crippen molar-refractivity contribution < 1.29 is 24.6 Å². The van der Waals surface area contributed by atoms with E-state index in [9.17, 15) is 4.79 Å². The number of nitrogens with zero attached hydrogens (tertiary/aromatic N) is 2. The van der Waals surface area contributed by atoms with E-state index in [2.05, 4.69) is 88.7 Å². The molecule has 7 nitrogen and oxygen atoms in total. The number of aryl methyl sites for hydroxylation is 1. The molecule has 3 aromatic carbocycles. The Morgan fingerprint density at radius 3 is 1.64 bits per heavy atom. The topological polar surface area (TPSA) is 98.2 Å². The highest BCUT2D eigenvalue weighted by Crippen LogP contribution is 2.22. The number of carbonyl (C=O) groups excluding carboxylic acids is 1. The second-order valence-electron chi connectivity index (χ2n) is 9.80. The Balaban J connectivity index is 0.000000631. The SMILES string of the molecule is O=C(C1CCN(CCCc2ccccc2)CC1)N(CCc1ccccc1)Cc1ccccc1.O=C(O)C(=O)O. The van der Waals surface area contributed by atoms with Crippen LogP contribution >= 0.6 is 0 Å². The molecule has 206 valence electrons. The fraction of sp³-hybridized carbons (Fsp3) is 0.344. The van der Waals surface area contributed by atoms with Crippen molar-refractivity contribution in [3.05, 3.63) is 108 Å². The van der Waals surface area contributed by atoms with Gasteiger partial charge in [0.15, 0.2) is 0 Å². The maximum Gasteiger partial charge on any atom is 0.414 e. The van der Waals surface area contributed by atoms with Crippen molar-refractivity contribution >= 4 is 17.8 Å². The fourth-order valence-electron chi connectivity index (χ4n) is 4.79. The van der Waals surface area contributed by atoms with Crippen molar-refractivity contribution in [2.24, 2.45) is 5.92 Å². The molecule has 7 heteroatoms. The maximum atomic E-state index is 13.5. The lowest BCUT2D eigenvalue weighted by molar-refractivity contribution is -0.159. The van der Waals surface area contributed by atoms with Crippen molar-refractivity contribution in [1.82, 2.24) is 9.80 Å². The highest BCUT2D eigenvalue weighted by Gasteiger charge is 2.28. The lowest BCUT2D eigenvalue weighted by Crippen LogP contribution is -2.43. The fourth-order valence-corrected chi connectivity index (χ4v) is 4.79. The monoisotopic (exact) mass is 530 g/mol. The second-order valence-corrected chi connectivity index (χ2v) is 9.80. The van der Waals surface area contributed by atoms with Gasteiger partial charge in [-0.2, -0.15) is 0 Å². The van der Waals surface area contributed by atoms with Gasteiger partial charge in [-0.1, -0.05) is 91.0 Å². The number of hydrogen-bond acceptors (Lipinski definition) is 4. The molecule has 0 unspecified atom stereocenters. The van der Waals surface area contributed by atoms with Gasteiger partial charge in [0, 0.05) is 19.0 Å². The normalized spacial score (nSPS) is 13.6. The number of likely N-dealkylation sites (tertiary alicyclic amines) is 1. The first-order valence-corrected chi connectivity index (χ1v) is 13.5. The summed E-state index contributed by atoms with van der Waals surface area (Å²) in [7, 11) is 0. The molecule has 1 saturated heterocycles. The Labute approximate surface area is 230 Å². The van der Waals surface area contributed by atoms with E-state index in [1.807, 2.05) is 12.1 Å². The highest BCUT2D eigenvalue weighted by atomic mass is 16.4. The number of benzene rings is 3. The molecule has 0 spiro atoms. The van der Waals surface area contributed by atoms with Gasteiger partial charge in [0.2, 0.25) is 5.91 Å². The van der Waals surface area contributed by atoms with E-state index >= 15 is 0 Å². The smallest absolute Gasteiger partial charge is 0.414 e. The summed E-state index contributed by atoms with van der Waals surface area (Å²) < 4.78 is 0. The van der Waals surface area contributed by atoms with Crippen LogP contribution in [0.15, 0.2) is 91.0 Å². The molecule has 0 radical (unpaired) electrons. The van der Waals surface area contributed by atoms with Gasteiger partial charge in [-0.25, -0.2) is 9.59 Å². The van der Waals surface area contributed by atoms with Crippen LogP contribution in [-0.2, 0) is 33.8 Å². The van der Waals surface area contributed by atoms with Gasteiger partial charge < -0.3 is 20.0 Å². The summed E-state index contributed by atoms with van der Waals surface area (Å²) in [4.78, 5) is 36.4. The van der Waals surface area contributed by atoms with E-state index in [-0.39, 0.29) is 5.92 Å². The second kappa shape index (κ2) is 16.1. The van der Waals surface area contributed by atoms with Crippen molar-refractivity contribution in [3.8, 4) is 0 Å². The number of hydrogen-bond donors (Lipinski definition) is 2. The third-order valence-electron chi connectivity index (χ3n) is 6.94. The first-order valence-electron chi connectivity index (χ1n) is 13.5.